The van der Waals surface area contributed by atoms with Gasteiger partial charge in [-0.15, -0.1) is 0 Å². The Labute approximate surface area is 199 Å². The van der Waals surface area contributed by atoms with Crippen molar-refractivity contribution >= 4 is 16.6 Å². The normalized spacial score (nSPS) is 16.9. The highest BCUT2D eigenvalue weighted by atomic mass is 16.1. The third-order valence-electron chi connectivity index (χ3n) is 7.99. The Hall–Kier alpha value is -3.66. The van der Waals surface area contributed by atoms with E-state index in [0.29, 0.717) is 10.8 Å². The van der Waals surface area contributed by atoms with E-state index in [1.807, 2.05) is 25.1 Å². The van der Waals surface area contributed by atoms with Gasteiger partial charge < -0.3 is 10.7 Å². The van der Waals surface area contributed by atoms with Crippen molar-refractivity contribution in [2.45, 2.75) is 45.4 Å². The monoisotopic (exact) mass is 447 g/mol. The molecular weight excluding hydrogens is 418 g/mol. The predicted molar refractivity (Wildman–Crippen MR) is 139 cm³/mol. The van der Waals surface area contributed by atoms with E-state index < -0.39 is 0 Å². The summed E-state index contributed by atoms with van der Waals surface area (Å²) in [6.07, 6.45) is 10.9. The Morgan fingerprint density at radius 3 is 2.26 bits per heavy atom. The van der Waals surface area contributed by atoms with Crippen LogP contribution in [0.5, 0.6) is 0 Å². The Bertz CT molecular complexity index is 1490. The van der Waals surface area contributed by atoms with Crippen LogP contribution in [0.2, 0.25) is 0 Å². The first kappa shape index (κ1) is 20.9. The lowest BCUT2D eigenvalue weighted by atomic mass is 9.82. The van der Waals surface area contributed by atoms with E-state index in [2.05, 4.69) is 52.4 Å². The summed E-state index contributed by atoms with van der Waals surface area (Å²) in [5, 5.41) is 0.642. The molecule has 1 fully saturated rings. The topological polar surface area (TPSA) is 71.8 Å². The molecule has 0 unspecified atom stereocenters. The molecule has 0 saturated heterocycles. The lowest BCUT2D eigenvalue weighted by molar-refractivity contribution is 0.318. The quantitative estimate of drug-likeness (QED) is 0.391. The average molecular weight is 448 g/mol. The number of fused-ring (bicyclic) bond motifs is 2. The fraction of sp³-hybridized carbons (Fsp3) is 0.267. The minimum absolute atomic E-state index is 0.0899. The second-order valence-electron chi connectivity index (χ2n) is 9.96. The fourth-order valence-corrected chi connectivity index (χ4v) is 6.17. The first-order valence-electron chi connectivity index (χ1n) is 12.2. The van der Waals surface area contributed by atoms with Crippen LogP contribution in [0, 0.1) is 5.41 Å². The van der Waals surface area contributed by atoms with Gasteiger partial charge in [0, 0.05) is 5.70 Å². The van der Waals surface area contributed by atoms with E-state index in [9.17, 15) is 4.79 Å². The molecule has 3 aromatic carbocycles. The number of H-pyrrole nitrogens is 1. The molecule has 170 valence electrons. The summed E-state index contributed by atoms with van der Waals surface area (Å²) in [7, 11) is 0. The molecule has 1 spiro atoms. The van der Waals surface area contributed by atoms with Crippen LogP contribution in [0.4, 0.5) is 0 Å². The zero-order valence-electron chi connectivity index (χ0n) is 19.5. The van der Waals surface area contributed by atoms with Gasteiger partial charge in [-0.3, -0.25) is 4.79 Å². The van der Waals surface area contributed by atoms with Gasteiger partial charge in [-0.1, -0.05) is 61.4 Å². The summed E-state index contributed by atoms with van der Waals surface area (Å²) in [5.41, 5.74) is 16.9. The molecule has 4 aromatic rings. The maximum absolute atomic E-state index is 12.4. The van der Waals surface area contributed by atoms with E-state index in [-0.39, 0.29) is 5.56 Å². The first-order valence-corrected chi connectivity index (χ1v) is 12.2. The van der Waals surface area contributed by atoms with Crippen LogP contribution in [0.25, 0.3) is 38.9 Å². The summed E-state index contributed by atoms with van der Waals surface area (Å²) in [6.45, 7) is 1.96. The number of nitrogens with one attached hydrogen (secondary N) is 1. The summed E-state index contributed by atoms with van der Waals surface area (Å²) >= 11 is 0. The zero-order valence-corrected chi connectivity index (χ0v) is 19.5. The maximum Gasteiger partial charge on any atom is 0.258 e. The highest BCUT2D eigenvalue weighted by Gasteiger charge is 2.41. The number of aromatic amines is 1. The summed E-state index contributed by atoms with van der Waals surface area (Å²) in [6, 6.07) is 19.2. The van der Waals surface area contributed by atoms with Crippen molar-refractivity contribution in [3.8, 4) is 22.3 Å². The molecule has 34 heavy (non-hydrogen) atoms. The number of rotatable bonds is 3. The molecule has 3 N–H and O–H groups in total. The number of hydrogen-bond acceptors (Lipinski definition) is 3. The van der Waals surface area contributed by atoms with E-state index >= 15 is 0 Å². The van der Waals surface area contributed by atoms with E-state index in [4.69, 9.17) is 5.73 Å². The maximum atomic E-state index is 12.4. The molecule has 6 rings (SSSR count). The summed E-state index contributed by atoms with van der Waals surface area (Å²) in [5.74, 6) is 0. The third kappa shape index (κ3) is 3.37. The van der Waals surface area contributed by atoms with Gasteiger partial charge in [0.25, 0.3) is 5.56 Å². The van der Waals surface area contributed by atoms with Gasteiger partial charge in [0.2, 0.25) is 0 Å². The number of hydrogen-bond donors (Lipinski definition) is 2. The SMILES string of the molecule is C/C=C(\N)c1ccc(-c2ccc(-c3ccc4nc[nH]c(=O)c4c3)c3c2CC2(CCCC2)C3)cc1. The first-order chi connectivity index (χ1) is 16.6. The highest BCUT2D eigenvalue weighted by Crippen LogP contribution is 2.53. The highest BCUT2D eigenvalue weighted by molar-refractivity contribution is 5.86. The standard InChI is InChI=1S/C30H29N3O/c1-2-27(31)20-7-5-19(6-8-20)22-10-11-23(26-17-30(16-25(22)26)13-3-4-14-30)21-9-12-28-24(15-21)29(34)33-18-32-28/h2,5-12,15,18H,3-4,13-14,16-17,31H2,1H3,(H,32,33,34)/b27-2-. The average Bonchev–Trinajstić information content (AvgIpc) is 3.49. The van der Waals surface area contributed by atoms with Gasteiger partial charge in [0.1, 0.15) is 0 Å². The number of nitrogens with zero attached hydrogens (tertiary/aromatic N) is 1. The molecule has 4 nitrogen and oxygen atoms in total. The van der Waals surface area contributed by atoms with E-state index in [1.54, 1.807) is 0 Å². The molecule has 0 atom stereocenters. The molecule has 2 aliphatic carbocycles. The van der Waals surface area contributed by atoms with Crippen LogP contribution < -0.4 is 11.3 Å². The van der Waals surface area contributed by atoms with E-state index in [1.165, 1.54) is 59.8 Å². The van der Waals surface area contributed by atoms with Crippen molar-refractivity contribution in [2.24, 2.45) is 11.1 Å². The van der Waals surface area contributed by atoms with Crippen LogP contribution in [0.15, 0.2) is 71.8 Å². The Balaban J connectivity index is 1.50. The third-order valence-corrected chi connectivity index (χ3v) is 7.99. The zero-order chi connectivity index (χ0) is 23.3. The Morgan fingerprint density at radius 2 is 1.59 bits per heavy atom. The predicted octanol–water partition coefficient (Wildman–Crippen LogP) is 6.24. The largest absolute Gasteiger partial charge is 0.399 e. The molecule has 1 heterocycles. The number of nitrogens with two attached hydrogens (primary N) is 1. The minimum atomic E-state index is -0.0899. The molecule has 0 amide bonds. The molecule has 1 aromatic heterocycles. The number of benzene rings is 3. The molecule has 0 radical (unpaired) electrons. The lowest BCUT2D eigenvalue weighted by Gasteiger charge is -2.22. The van der Waals surface area contributed by atoms with E-state index in [0.717, 1.165) is 35.2 Å². The van der Waals surface area contributed by atoms with Crippen molar-refractivity contribution < 1.29 is 0 Å². The van der Waals surface area contributed by atoms with Gasteiger partial charge in [-0.2, -0.15) is 0 Å². The van der Waals surface area contributed by atoms with Crippen LogP contribution in [-0.4, -0.2) is 9.97 Å². The molecular formula is C30H29N3O. The van der Waals surface area contributed by atoms with Crippen LogP contribution in [-0.2, 0) is 12.8 Å². The van der Waals surface area contributed by atoms with Crippen molar-refractivity contribution in [3.05, 3.63) is 94.0 Å². The van der Waals surface area contributed by atoms with Crippen molar-refractivity contribution in [1.29, 1.82) is 0 Å². The molecule has 2 aliphatic rings. The van der Waals surface area contributed by atoms with Gasteiger partial charge >= 0.3 is 0 Å². The minimum Gasteiger partial charge on any atom is -0.399 e. The second kappa shape index (κ2) is 7.98. The molecule has 1 saturated carbocycles. The molecule has 0 bridgehead atoms. The Kier molecular flexibility index (Phi) is 4.91. The van der Waals surface area contributed by atoms with Crippen LogP contribution >= 0.6 is 0 Å². The van der Waals surface area contributed by atoms with Gasteiger partial charge in [0.15, 0.2) is 0 Å². The van der Waals surface area contributed by atoms with Crippen molar-refractivity contribution in [2.75, 3.05) is 0 Å². The van der Waals surface area contributed by atoms with Gasteiger partial charge in [-0.25, -0.2) is 4.98 Å². The number of aromatic nitrogens is 2. The molecule has 4 heteroatoms. The van der Waals surface area contributed by atoms with Crippen molar-refractivity contribution in [3.63, 3.8) is 0 Å². The Morgan fingerprint density at radius 1 is 0.941 bits per heavy atom. The van der Waals surface area contributed by atoms with Gasteiger partial charge in [-0.05, 0) is 89.1 Å². The summed E-state index contributed by atoms with van der Waals surface area (Å²) < 4.78 is 0. The fourth-order valence-electron chi connectivity index (χ4n) is 6.17. The summed E-state index contributed by atoms with van der Waals surface area (Å²) in [4.78, 5) is 19.5. The van der Waals surface area contributed by atoms with Crippen LogP contribution in [0.3, 0.4) is 0 Å². The van der Waals surface area contributed by atoms with Gasteiger partial charge in [0.05, 0.1) is 17.2 Å². The van der Waals surface area contributed by atoms with Crippen LogP contribution in [0.1, 0.15) is 49.3 Å². The number of allylic oxidation sites excluding steroid dienone is 1. The lowest BCUT2D eigenvalue weighted by Crippen LogP contribution is -2.15. The second-order valence-corrected chi connectivity index (χ2v) is 9.96. The van der Waals surface area contributed by atoms with Crippen molar-refractivity contribution in [1.82, 2.24) is 9.97 Å². The smallest absolute Gasteiger partial charge is 0.258 e. The molecule has 0 aliphatic heterocycles.